The van der Waals surface area contributed by atoms with E-state index in [1.54, 1.807) is 6.92 Å². The van der Waals surface area contributed by atoms with Crippen molar-refractivity contribution in [2.24, 2.45) is 13.0 Å². The summed E-state index contributed by atoms with van der Waals surface area (Å²) in [6.07, 6.45) is 1.57. The largest absolute Gasteiger partial charge is 0.384 e. The SMILES string of the molecule is Cc1noc(C2CCN(CC(=O)c3c(N)n(CC(C)C)c(=O)n(C)c3=O)CC2)n1. The summed E-state index contributed by atoms with van der Waals surface area (Å²) in [6.45, 7) is 7.42. The number of piperidine rings is 1. The number of nitrogen functional groups attached to an aromatic ring is 1. The van der Waals surface area contributed by atoms with Gasteiger partial charge in [0.2, 0.25) is 5.89 Å². The highest BCUT2D eigenvalue weighted by atomic mass is 16.5. The Balaban J connectivity index is 1.75. The van der Waals surface area contributed by atoms with Gasteiger partial charge in [0.05, 0.1) is 6.54 Å². The smallest absolute Gasteiger partial charge is 0.332 e. The van der Waals surface area contributed by atoms with Gasteiger partial charge in [-0.3, -0.25) is 23.6 Å². The fourth-order valence-corrected chi connectivity index (χ4v) is 3.69. The molecular weight excluding hydrogens is 376 g/mol. The highest BCUT2D eigenvalue weighted by Crippen LogP contribution is 2.26. The molecule has 1 saturated heterocycles. The molecule has 0 saturated carbocycles. The monoisotopic (exact) mass is 404 g/mol. The van der Waals surface area contributed by atoms with Crippen molar-refractivity contribution >= 4 is 11.6 Å². The van der Waals surface area contributed by atoms with Crippen LogP contribution in [0.1, 0.15) is 54.7 Å². The third kappa shape index (κ3) is 4.31. The van der Waals surface area contributed by atoms with Gasteiger partial charge >= 0.3 is 5.69 Å². The molecule has 2 N–H and O–H groups in total. The molecule has 10 nitrogen and oxygen atoms in total. The van der Waals surface area contributed by atoms with Gasteiger partial charge in [-0.25, -0.2) is 4.79 Å². The Morgan fingerprint density at radius 2 is 1.93 bits per heavy atom. The zero-order valence-corrected chi connectivity index (χ0v) is 17.3. The van der Waals surface area contributed by atoms with E-state index in [-0.39, 0.29) is 35.5 Å². The quantitative estimate of drug-likeness (QED) is 0.691. The first-order chi connectivity index (χ1) is 13.7. The highest BCUT2D eigenvalue weighted by molar-refractivity contribution is 6.01. The molecule has 0 radical (unpaired) electrons. The molecular formula is C19H28N6O4. The Kier molecular flexibility index (Phi) is 6.02. The fraction of sp³-hybridized carbons (Fsp3) is 0.632. The summed E-state index contributed by atoms with van der Waals surface area (Å²) in [6, 6.07) is 0. The normalized spacial score (nSPS) is 15.9. The predicted octanol–water partition coefficient (Wildman–Crippen LogP) is 0.539. The van der Waals surface area contributed by atoms with Crippen molar-refractivity contribution in [2.75, 3.05) is 25.4 Å². The van der Waals surface area contributed by atoms with Gasteiger partial charge in [-0.2, -0.15) is 4.98 Å². The third-order valence-corrected chi connectivity index (χ3v) is 5.26. The van der Waals surface area contributed by atoms with E-state index >= 15 is 0 Å². The molecule has 0 bridgehead atoms. The summed E-state index contributed by atoms with van der Waals surface area (Å²) < 4.78 is 7.51. The number of aryl methyl sites for hydroxylation is 1. The van der Waals surface area contributed by atoms with Crippen LogP contribution in [0.2, 0.25) is 0 Å². The summed E-state index contributed by atoms with van der Waals surface area (Å²) in [5.74, 6) is 1.14. The van der Waals surface area contributed by atoms with Gasteiger partial charge in [-0.05, 0) is 38.8 Å². The molecule has 1 fully saturated rings. The van der Waals surface area contributed by atoms with Crippen molar-refractivity contribution in [2.45, 2.75) is 46.1 Å². The summed E-state index contributed by atoms with van der Waals surface area (Å²) in [7, 11) is 1.37. The van der Waals surface area contributed by atoms with Gasteiger partial charge in [0, 0.05) is 19.5 Å². The van der Waals surface area contributed by atoms with Crippen LogP contribution in [-0.2, 0) is 13.6 Å². The van der Waals surface area contributed by atoms with E-state index in [0.29, 0.717) is 31.3 Å². The van der Waals surface area contributed by atoms with Crippen LogP contribution in [0.25, 0.3) is 0 Å². The van der Waals surface area contributed by atoms with Crippen molar-refractivity contribution in [3.63, 3.8) is 0 Å². The minimum Gasteiger partial charge on any atom is -0.384 e. The second-order valence-electron chi connectivity index (χ2n) is 8.06. The van der Waals surface area contributed by atoms with Crippen molar-refractivity contribution in [1.82, 2.24) is 24.2 Å². The van der Waals surface area contributed by atoms with Crippen LogP contribution in [0.3, 0.4) is 0 Å². The number of Topliss-reactive ketones (excluding diaryl/α,β-unsaturated/α-hetero) is 1. The van der Waals surface area contributed by atoms with Gasteiger partial charge in [-0.1, -0.05) is 19.0 Å². The number of carbonyl (C=O) groups is 1. The molecule has 0 spiro atoms. The van der Waals surface area contributed by atoms with E-state index in [9.17, 15) is 14.4 Å². The van der Waals surface area contributed by atoms with E-state index in [1.807, 2.05) is 18.7 Å². The van der Waals surface area contributed by atoms with Crippen molar-refractivity contribution in [3.05, 3.63) is 38.1 Å². The van der Waals surface area contributed by atoms with Crippen LogP contribution in [-0.4, -0.2) is 49.6 Å². The predicted molar refractivity (Wildman–Crippen MR) is 107 cm³/mol. The van der Waals surface area contributed by atoms with E-state index in [1.165, 1.54) is 11.6 Å². The maximum atomic E-state index is 12.9. The number of aromatic nitrogens is 4. The summed E-state index contributed by atoms with van der Waals surface area (Å²) in [5.41, 5.74) is 4.83. The first-order valence-corrected chi connectivity index (χ1v) is 9.84. The average Bonchev–Trinajstić information content (AvgIpc) is 3.10. The van der Waals surface area contributed by atoms with E-state index in [0.717, 1.165) is 17.4 Å². The number of hydrogen-bond acceptors (Lipinski definition) is 8. The number of hydrogen-bond donors (Lipinski definition) is 1. The number of nitrogens with two attached hydrogens (primary N) is 1. The molecule has 2 aromatic heterocycles. The molecule has 0 amide bonds. The average molecular weight is 404 g/mol. The number of rotatable bonds is 6. The summed E-state index contributed by atoms with van der Waals surface area (Å²) in [4.78, 5) is 44.2. The van der Waals surface area contributed by atoms with Crippen LogP contribution in [0.5, 0.6) is 0 Å². The molecule has 2 aromatic rings. The molecule has 0 aromatic carbocycles. The van der Waals surface area contributed by atoms with Gasteiger partial charge in [0.1, 0.15) is 11.4 Å². The Hall–Kier alpha value is -2.75. The zero-order chi connectivity index (χ0) is 21.3. The molecule has 1 aliphatic heterocycles. The van der Waals surface area contributed by atoms with E-state index in [2.05, 4.69) is 10.1 Å². The maximum Gasteiger partial charge on any atom is 0.332 e. The molecule has 29 heavy (non-hydrogen) atoms. The molecule has 0 unspecified atom stereocenters. The van der Waals surface area contributed by atoms with E-state index in [4.69, 9.17) is 10.3 Å². The minimum atomic E-state index is -0.645. The van der Waals surface area contributed by atoms with E-state index < -0.39 is 11.2 Å². The number of likely N-dealkylation sites (tertiary alicyclic amines) is 1. The standard InChI is InChI=1S/C19H28N6O4/c1-11(2)9-25-16(20)15(18(27)23(4)19(25)28)14(26)10-24-7-5-13(6-8-24)17-21-12(3)22-29-17/h11,13H,5-10,20H2,1-4H3. The summed E-state index contributed by atoms with van der Waals surface area (Å²) >= 11 is 0. The number of carbonyl (C=O) groups excluding carboxylic acids is 1. The highest BCUT2D eigenvalue weighted by Gasteiger charge is 2.28. The van der Waals surface area contributed by atoms with Gasteiger partial charge in [0.25, 0.3) is 5.56 Å². The van der Waals surface area contributed by atoms with Gasteiger partial charge in [-0.15, -0.1) is 0 Å². The molecule has 158 valence electrons. The van der Waals surface area contributed by atoms with Crippen LogP contribution in [0.15, 0.2) is 14.1 Å². The zero-order valence-electron chi connectivity index (χ0n) is 17.3. The number of nitrogens with zero attached hydrogens (tertiary/aromatic N) is 5. The Bertz CT molecular complexity index is 1010. The first kappa shape index (κ1) is 21.0. The lowest BCUT2D eigenvalue weighted by molar-refractivity contribution is 0.0902. The lowest BCUT2D eigenvalue weighted by atomic mass is 9.96. The maximum absolute atomic E-state index is 12.9. The summed E-state index contributed by atoms with van der Waals surface area (Å²) in [5, 5.41) is 3.83. The Morgan fingerprint density at radius 1 is 1.28 bits per heavy atom. The third-order valence-electron chi connectivity index (χ3n) is 5.26. The fourth-order valence-electron chi connectivity index (χ4n) is 3.69. The topological polar surface area (TPSA) is 129 Å². The molecule has 3 rings (SSSR count). The molecule has 10 heteroatoms. The lowest BCUT2D eigenvalue weighted by Gasteiger charge is -2.29. The number of anilines is 1. The minimum absolute atomic E-state index is 0.0481. The van der Waals surface area contributed by atoms with Crippen LogP contribution in [0, 0.1) is 12.8 Å². The molecule has 3 heterocycles. The van der Waals surface area contributed by atoms with Crippen molar-refractivity contribution in [3.8, 4) is 0 Å². The lowest BCUT2D eigenvalue weighted by Crippen LogP contribution is -2.45. The second-order valence-corrected chi connectivity index (χ2v) is 8.06. The van der Waals surface area contributed by atoms with Gasteiger partial charge in [0.15, 0.2) is 11.6 Å². The van der Waals surface area contributed by atoms with Crippen LogP contribution < -0.4 is 17.0 Å². The molecule has 0 aliphatic carbocycles. The second kappa shape index (κ2) is 8.32. The van der Waals surface area contributed by atoms with Crippen molar-refractivity contribution in [1.29, 1.82) is 0 Å². The van der Waals surface area contributed by atoms with Crippen molar-refractivity contribution < 1.29 is 9.32 Å². The number of ketones is 1. The van der Waals surface area contributed by atoms with Crippen LogP contribution >= 0.6 is 0 Å². The first-order valence-electron chi connectivity index (χ1n) is 9.84. The van der Waals surface area contributed by atoms with Gasteiger partial charge < -0.3 is 10.3 Å². The molecule has 1 aliphatic rings. The Morgan fingerprint density at radius 3 is 2.48 bits per heavy atom. The Labute approximate surface area is 168 Å². The van der Waals surface area contributed by atoms with Crippen LogP contribution in [0.4, 0.5) is 5.82 Å². The molecule has 0 atom stereocenters.